The Morgan fingerprint density at radius 2 is 2.24 bits per heavy atom. The van der Waals surface area contributed by atoms with E-state index in [1.54, 1.807) is 0 Å². The standard InChI is InChI=1S/C10H16NO2Si.2ClH.Ti/c1-13-8-10(12)11-14(2,3)9-6-4-5-7-9;;;/h4,6H,5,8H2,1-3H3,(H,11,12);2*1H;/q;;;+2/p-2. The molecule has 95 valence electrons. The van der Waals surface area contributed by atoms with Crippen molar-refractivity contribution in [2.75, 3.05) is 13.7 Å². The Labute approximate surface area is 117 Å². The van der Waals surface area contributed by atoms with Crippen molar-refractivity contribution in [2.24, 2.45) is 0 Å². The normalized spacial score (nSPS) is 15.4. The van der Waals surface area contributed by atoms with E-state index in [9.17, 15) is 4.79 Å². The van der Waals surface area contributed by atoms with Crippen LogP contribution in [0, 0.1) is 0 Å². The van der Waals surface area contributed by atoms with E-state index < -0.39 is 24.0 Å². The summed E-state index contributed by atoms with van der Waals surface area (Å²) in [5.74, 6) is -0.0815. The molecule has 0 unspecified atom stereocenters. The van der Waals surface area contributed by atoms with Crippen molar-refractivity contribution in [3.8, 4) is 0 Å². The fourth-order valence-electron chi connectivity index (χ4n) is 1.85. The molecule has 0 atom stereocenters. The van der Waals surface area contributed by atoms with Gasteiger partial charge in [0.25, 0.3) is 0 Å². The molecule has 0 fully saturated rings. The van der Waals surface area contributed by atoms with Crippen molar-refractivity contribution in [1.29, 1.82) is 0 Å². The molecule has 1 N–H and O–H groups in total. The van der Waals surface area contributed by atoms with E-state index in [1.165, 1.54) is 16.2 Å². The second kappa shape index (κ2) is 6.55. The Hall–Kier alpha value is 0.421. The SMILES string of the molecule is COCC(=O)N[Si](C)(C)C1=[C]([Ti]([Cl])[Cl])CC=C1. The molecule has 1 aliphatic rings. The first kappa shape index (κ1) is 15.5. The van der Waals surface area contributed by atoms with E-state index in [0.29, 0.717) is 0 Å². The van der Waals surface area contributed by atoms with Crippen molar-refractivity contribution in [1.82, 2.24) is 4.98 Å². The molecule has 17 heavy (non-hydrogen) atoms. The number of carbonyl (C=O) groups excluding carboxylic acids is 1. The van der Waals surface area contributed by atoms with E-state index >= 15 is 0 Å². The van der Waals surface area contributed by atoms with Gasteiger partial charge in [-0.05, 0) is 0 Å². The number of hydrogen-bond donors (Lipinski definition) is 1. The zero-order valence-corrected chi connectivity index (χ0v) is 14.2. The van der Waals surface area contributed by atoms with Gasteiger partial charge >= 0.3 is 117 Å². The van der Waals surface area contributed by atoms with Gasteiger partial charge in [-0.2, -0.15) is 0 Å². The molecule has 0 saturated heterocycles. The van der Waals surface area contributed by atoms with Gasteiger partial charge in [-0.15, -0.1) is 0 Å². The zero-order chi connectivity index (χ0) is 13.1. The summed E-state index contributed by atoms with van der Waals surface area (Å²) >= 11 is -2.09. The van der Waals surface area contributed by atoms with Crippen molar-refractivity contribution in [3.63, 3.8) is 0 Å². The van der Waals surface area contributed by atoms with Crippen LogP contribution >= 0.6 is 18.6 Å². The number of nitrogens with one attached hydrogen (secondary N) is 1. The molecule has 0 bridgehead atoms. The van der Waals surface area contributed by atoms with Crippen LogP contribution in [-0.2, 0) is 25.3 Å². The van der Waals surface area contributed by atoms with Crippen LogP contribution < -0.4 is 4.98 Å². The third-order valence-corrected chi connectivity index (χ3v) is 9.00. The van der Waals surface area contributed by atoms with Gasteiger partial charge in [0.1, 0.15) is 0 Å². The number of allylic oxidation sites excluding steroid dienone is 4. The molecule has 1 aliphatic carbocycles. The molecular weight excluding hydrogens is 313 g/mol. The van der Waals surface area contributed by atoms with E-state index in [4.69, 9.17) is 23.3 Å². The van der Waals surface area contributed by atoms with Crippen LogP contribution in [-0.4, -0.2) is 27.9 Å². The second-order valence-electron chi connectivity index (χ2n) is 4.37. The number of hydrogen-bond acceptors (Lipinski definition) is 2. The number of halogens is 2. The summed E-state index contributed by atoms with van der Waals surface area (Å²) in [6, 6.07) is 0. The quantitative estimate of drug-likeness (QED) is 0.788. The van der Waals surface area contributed by atoms with Gasteiger partial charge < -0.3 is 0 Å². The van der Waals surface area contributed by atoms with Crippen molar-refractivity contribution >= 4 is 32.8 Å². The Morgan fingerprint density at radius 1 is 1.59 bits per heavy atom. The summed E-state index contributed by atoms with van der Waals surface area (Å²) in [5, 5.41) is 1.18. The van der Waals surface area contributed by atoms with Gasteiger partial charge in [0, 0.05) is 0 Å². The summed E-state index contributed by atoms with van der Waals surface area (Å²) in [6.45, 7) is 4.26. The van der Waals surface area contributed by atoms with Crippen LogP contribution in [0.4, 0.5) is 0 Å². The number of rotatable bonds is 5. The maximum absolute atomic E-state index is 11.6. The van der Waals surface area contributed by atoms with Gasteiger partial charge in [-0.25, -0.2) is 0 Å². The number of amides is 1. The van der Waals surface area contributed by atoms with E-state index in [2.05, 4.69) is 30.2 Å². The van der Waals surface area contributed by atoms with E-state index in [0.717, 1.165) is 6.42 Å². The summed E-state index contributed by atoms with van der Waals surface area (Å²) in [5.41, 5.74) is 0. The molecule has 0 aromatic carbocycles. The minimum atomic E-state index is -2.09. The fraction of sp³-hybridized carbons (Fsp3) is 0.500. The van der Waals surface area contributed by atoms with Crippen LogP contribution in [0.5, 0.6) is 0 Å². The van der Waals surface area contributed by atoms with Crippen molar-refractivity contribution in [3.05, 3.63) is 21.2 Å². The van der Waals surface area contributed by atoms with Crippen molar-refractivity contribution in [2.45, 2.75) is 19.5 Å². The average molecular weight is 329 g/mol. The van der Waals surface area contributed by atoms with E-state index in [1.807, 2.05) is 0 Å². The monoisotopic (exact) mass is 328 g/mol. The predicted molar refractivity (Wildman–Crippen MR) is 70.0 cm³/mol. The van der Waals surface area contributed by atoms with Crippen LogP contribution in [0.15, 0.2) is 21.2 Å². The van der Waals surface area contributed by atoms with Crippen LogP contribution in [0.3, 0.4) is 0 Å². The Balaban J connectivity index is 2.85. The summed E-state index contributed by atoms with van der Waals surface area (Å²) in [7, 11) is 11.7. The zero-order valence-electron chi connectivity index (χ0n) is 10.1. The van der Waals surface area contributed by atoms with Gasteiger partial charge in [0.2, 0.25) is 0 Å². The molecule has 0 radical (unpaired) electrons. The fourth-order valence-corrected chi connectivity index (χ4v) is 9.13. The molecule has 0 aromatic rings. The summed E-state index contributed by atoms with van der Waals surface area (Å²) < 4.78 is 5.99. The maximum atomic E-state index is 11.6. The third kappa shape index (κ3) is 4.23. The second-order valence-corrected chi connectivity index (χ2v) is 14.1. The van der Waals surface area contributed by atoms with Crippen LogP contribution in [0.2, 0.25) is 13.1 Å². The Bertz CT molecular complexity index is 369. The predicted octanol–water partition coefficient (Wildman–Crippen LogP) is 2.63. The number of methoxy groups -OCH3 is 1. The minimum absolute atomic E-state index is 0.0815. The molecule has 0 aromatic heterocycles. The van der Waals surface area contributed by atoms with Crippen LogP contribution in [0.25, 0.3) is 0 Å². The first-order valence-electron chi connectivity index (χ1n) is 5.27. The third-order valence-electron chi connectivity index (χ3n) is 2.56. The van der Waals surface area contributed by atoms with Crippen LogP contribution in [0.1, 0.15) is 6.42 Å². The Morgan fingerprint density at radius 3 is 2.76 bits per heavy atom. The van der Waals surface area contributed by atoms with Gasteiger partial charge in [-0.1, -0.05) is 0 Å². The molecule has 0 spiro atoms. The Kier molecular flexibility index (Phi) is 5.96. The molecule has 1 rings (SSSR count). The molecular formula is C10H16Cl2NO2SiTi. The topological polar surface area (TPSA) is 38.3 Å². The van der Waals surface area contributed by atoms with Gasteiger partial charge in [0.05, 0.1) is 0 Å². The molecule has 0 saturated carbocycles. The number of ether oxygens (including phenoxy) is 1. The summed E-state index contributed by atoms with van der Waals surface area (Å²) in [4.78, 5) is 14.7. The number of carbonyl (C=O) groups is 1. The van der Waals surface area contributed by atoms with Crippen molar-refractivity contribution < 1.29 is 25.3 Å². The van der Waals surface area contributed by atoms with Gasteiger partial charge in [0.15, 0.2) is 0 Å². The molecule has 0 heterocycles. The first-order chi connectivity index (χ1) is 7.88. The molecule has 7 heteroatoms. The molecule has 3 nitrogen and oxygen atoms in total. The summed E-state index contributed by atoms with van der Waals surface area (Å²) in [6.07, 6.45) is 4.97. The molecule has 0 aliphatic heterocycles. The van der Waals surface area contributed by atoms with E-state index in [-0.39, 0.29) is 12.5 Å². The average Bonchev–Trinajstić information content (AvgIpc) is 2.65. The van der Waals surface area contributed by atoms with Gasteiger partial charge in [-0.3, -0.25) is 0 Å². The first-order valence-corrected chi connectivity index (χ1v) is 13.3. The molecule has 1 amide bonds.